The van der Waals surface area contributed by atoms with E-state index in [1.165, 1.54) is 11.3 Å². The Bertz CT molecular complexity index is 343. The van der Waals surface area contributed by atoms with Crippen molar-refractivity contribution in [1.29, 1.82) is 0 Å². The molecular formula is C10H19N3O2S2. The van der Waals surface area contributed by atoms with Gasteiger partial charge in [-0.15, -0.1) is 5.10 Å². The van der Waals surface area contributed by atoms with Crippen molar-refractivity contribution in [3.8, 4) is 0 Å². The van der Waals surface area contributed by atoms with Crippen LogP contribution in [0, 0.1) is 3.95 Å². The standard InChI is InChI=1S/C10H19N3O2S2/c1-3-14-7-5-13(6-8-15-4-2)9-11-12-10(16)17-9/h3-8H2,1-2H3,(H,12,16). The van der Waals surface area contributed by atoms with E-state index in [4.69, 9.17) is 21.7 Å². The monoisotopic (exact) mass is 277 g/mol. The summed E-state index contributed by atoms with van der Waals surface area (Å²) in [5.74, 6) is 0. The van der Waals surface area contributed by atoms with Crippen LogP contribution in [-0.4, -0.2) is 49.7 Å². The van der Waals surface area contributed by atoms with Crippen molar-refractivity contribution in [3.63, 3.8) is 0 Å². The minimum absolute atomic E-state index is 0.689. The second-order valence-electron chi connectivity index (χ2n) is 3.28. The molecule has 1 rings (SSSR count). The van der Waals surface area contributed by atoms with Crippen LogP contribution in [0.5, 0.6) is 0 Å². The maximum Gasteiger partial charge on any atom is 0.207 e. The van der Waals surface area contributed by atoms with Gasteiger partial charge in [0.2, 0.25) is 5.13 Å². The second-order valence-corrected chi connectivity index (χ2v) is 4.92. The van der Waals surface area contributed by atoms with E-state index >= 15 is 0 Å². The van der Waals surface area contributed by atoms with Crippen LogP contribution in [-0.2, 0) is 9.47 Å². The Morgan fingerprint density at radius 2 is 1.82 bits per heavy atom. The summed E-state index contributed by atoms with van der Waals surface area (Å²) in [4.78, 5) is 2.13. The first-order valence-corrected chi connectivity index (χ1v) is 6.96. The van der Waals surface area contributed by atoms with Gasteiger partial charge in [-0.2, -0.15) is 0 Å². The Kier molecular flexibility index (Phi) is 7.34. The molecule has 1 aromatic heterocycles. The van der Waals surface area contributed by atoms with Crippen molar-refractivity contribution in [1.82, 2.24) is 10.2 Å². The van der Waals surface area contributed by atoms with E-state index in [2.05, 4.69) is 15.1 Å². The Balaban J connectivity index is 2.49. The lowest BCUT2D eigenvalue weighted by atomic mass is 10.5. The number of nitrogens with zero attached hydrogens (tertiary/aromatic N) is 2. The Labute approximate surface area is 111 Å². The molecule has 0 unspecified atom stereocenters. The van der Waals surface area contributed by atoms with Gasteiger partial charge in [0, 0.05) is 26.3 Å². The van der Waals surface area contributed by atoms with Crippen LogP contribution < -0.4 is 4.90 Å². The molecule has 0 radical (unpaired) electrons. The Morgan fingerprint density at radius 3 is 2.24 bits per heavy atom. The third kappa shape index (κ3) is 5.58. The maximum atomic E-state index is 5.36. The van der Waals surface area contributed by atoms with Gasteiger partial charge in [0.1, 0.15) is 0 Å². The average Bonchev–Trinajstić information content (AvgIpc) is 2.74. The van der Waals surface area contributed by atoms with Crippen LogP contribution in [0.2, 0.25) is 0 Å². The second kappa shape index (κ2) is 8.57. The van der Waals surface area contributed by atoms with Gasteiger partial charge in [0.15, 0.2) is 3.95 Å². The largest absolute Gasteiger partial charge is 0.380 e. The summed E-state index contributed by atoms with van der Waals surface area (Å²) >= 11 is 6.51. The lowest BCUT2D eigenvalue weighted by Crippen LogP contribution is -2.31. The number of ether oxygens (including phenoxy) is 2. The van der Waals surface area contributed by atoms with Crippen molar-refractivity contribution in [2.45, 2.75) is 13.8 Å². The van der Waals surface area contributed by atoms with E-state index in [0.29, 0.717) is 17.2 Å². The SMILES string of the molecule is CCOCCN(CCOCC)c1n[nH]c(=S)s1. The molecule has 0 aromatic carbocycles. The lowest BCUT2D eigenvalue weighted by Gasteiger charge is -2.20. The molecule has 5 nitrogen and oxygen atoms in total. The Morgan fingerprint density at radius 1 is 1.24 bits per heavy atom. The van der Waals surface area contributed by atoms with E-state index in [-0.39, 0.29) is 0 Å². The molecule has 1 N–H and O–H groups in total. The van der Waals surface area contributed by atoms with Gasteiger partial charge in [-0.1, -0.05) is 11.3 Å². The smallest absolute Gasteiger partial charge is 0.207 e. The van der Waals surface area contributed by atoms with Gasteiger partial charge < -0.3 is 14.4 Å². The number of anilines is 1. The highest BCUT2D eigenvalue weighted by Crippen LogP contribution is 2.16. The van der Waals surface area contributed by atoms with Gasteiger partial charge in [-0.3, -0.25) is 5.10 Å². The summed E-state index contributed by atoms with van der Waals surface area (Å²) in [7, 11) is 0. The van der Waals surface area contributed by atoms with E-state index in [0.717, 1.165) is 31.4 Å². The minimum Gasteiger partial charge on any atom is -0.380 e. The van der Waals surface area contributed by atoms with Gasteiger partial charge in [-0.05, 0) is 26.1 Å². The van der Waals surface area contributed by atoms with Gasteiger partial charge in [0.05, 0.1) is 13.2 Å². The van der Waals surface area contributed by atoms with E-state index < -0.39 is 0 Å². The maximum absolute atomic E-state index is 5.36. The number of aromatic nitrogens is 2. The van der Waals surface area contributed by atoms with E-state index in [1.54, 1.807) is 0 Å². The molecule has 1 aromatic rings. The molecular weight excluding hydrogens is 258 g/mol. The normalized spacial score (nSPS) is 10.7. The van der Waals surface area contributed by atoms with Crippen LogP contribution in [0.4, 0.5) is 5.13 Å². The highest BCUT2D eigenvalue weighted by atomic mass is 32.1. The van der Waals surface area contributed by atoms with Crippen LogP contribution in [0.1, 0.15) is 13.8 Å². The topological polar surface area (TPSA) is 50.4 Å². The van der Waals surface area contributed by atoms with Crippen LogP contribution in [0.15, 0.2) is 0 Å². The molecule has 0 aliphatic heterocycles. The van der Waals surface area contributed by atoms with Crippen molar-refractivity contribution in [2.75, 3.05) is 44.4 Å². The summed E-state index contributed by atoms with van der Waals surface area (Å²) in [6.07, 6.45) is 0. The molecule has 7 heteroatoms. The molecule has 0 amide bonds. The number of H-pyrrole nitrogens is 1. The fourth-order valence-corrected chi connectivity index (χ4v) is 2.23. The molecule has 0 saturated carbocycles. The summed E-state index contributed by atoms with van der Waals surface area (Å²) in [5, 5.41) is 7.87. The van der Waals surface area contributed by atoms with Crippen LogP contribution >= 0.6 is 23.6 Å². The summed E-state index contributed by atoms with van der Waals surface area (Å²) in [6.45, 7) is 8.43. The fourth-order valence-electron chi connectivity index (χ4n) is 1.30. The molecule has 0 fully saturated rings. The quantitative estimate of drug-likeness (QED) is 0.553. The van der Waals surface area contributed by atoms with Crippen LogP contribution in [0.25, 0.3) is 0 Å². The summed E-state index contributed by atoms with van der Waals surface area (Å²) < 4.78 is 11.4. The molecule has 1 heterocycles. The lowest BCUT2D eigenvalue weighted by molar-refractivity contribution is 0.141. The first kappa shape index (κ1) is 14.6. The summed E-state index contributed by atoms with van der Waals surface area (Å²) in [6, 6.07) is 0. The van der Waals surface area contributed by atoms with E-state index in [9.17, 15) is 0 Å². The molecule has 0 aliphatic rings. The zero-order chi connectivity index (χ0) is 12.5. The number of hydrogen-bond donors (Lipinski definition) is 1. The third-order valence-electron chi connectivity index (χ3n) is 2.12. The molecule has 0 bridgehead atoms. The summed E-state index contributed by atoms with van der Waals surface area (Å²) in [5.41, 5.74) is 0. The number of rotatable bonds is 9. The predicted molar refractivity (Wildman–Crippen MR) is 72.5 cm³/mol. The van der Waals surface area contributed by atoms with Crippen molar-refractivity contribution in [3.05, 3.63) is 3.95 Å². The highest BCUT2D eigenvalue weighted by molar-refractivity contribution is 7.73. The van der Waals surface area contributed by atoms with Gasteiger partial charge in [-0.25, -0.2) is 0 Å². The third-order valence-corrected chi connectivity index (χ3v) is 3.27. The zero-order valence-electron chi connectivity index (χ0n) is 10.3. The highest BCUT2D eigenvalue weighted by Gasteiger charge is 2.09. The first-order valence-electron chi connectivity index (χ1n) is 5.73. The predicted octanol–water partition coefficient (Wildman–Crippen LogP) is 2.08. The minimum atomic E-state index is 0.689. The Hall–Kier alpha value is -0.500. The number of nitrogens with one attached hydrogen (secondary N) is 1. The van der Waals surface area contributed by atoms with E-state index in [1.807, 2.05) is 13.8 Å². The number of aromatic amines is 1. The molecule has 0 aliphatic carbocycles. The molecule has 0 atom stereocenters. The van der Waals surface area contributed by atoms with Crippen molar-refractivity contribution >= 4 is 28.7 Å². The fraction of sp³-hybridized carbons (Fsp3) is 0.800. The van der Waals surface area contributed by atoms with Crippen LogP contribution in [0.3, 0.4) is 0 Å². The first-order chi connectivity index (χ1) is 8.27. The molecule has 17 heavy (non-hydrogen) atoms. The molecule has 98 valence electrons. The number of hydrogen-bond acceptors (Lipinski definition) is 6. The van der Waals surface area contributed by atoms with Crippen molar-refractivity contribution in [2.24, 2.45) is 0 Å². The van der Waals surface area contributed by atoms with Gasteiger partial charge in [0.25, 0.3) is 0 Å². The zero-order valence-corrected chi connectivity index (χ0v) is 11.9. The molecule has 0 spiro atoms. The average molecular weight is 277 g/mol. The van der Waals surface area contributed by atoms with Crippen molar-refractivity contribution < 1.29 is 9.47 Å². The van der Waals surface area contributed by atoms with Gasteiger partial charge >= 0.3 is 0 Å². The molecule has 0 saturated heterocycles.